The second-order valence-electron chi connectivity index (χ2n) is 4.23. The lowest BCUT2D eigenvalue weighted by atomic mass is 10.1. The van der Waals surface area contributed by atoms with Gasteiger partial charge in [0.1, 0.15) is 0 Å². The van der Waals surface area contributed by atoms with Crippen molar-refractivity contribution in [1.82, 2.24) is 0 Å². The molecule has 17 heavy (non-hydrogen) atoms. The molecule has 6 heteroatoms. The summed E-state index contributed by atoms with van der Waals surface area (Å²) in [6.45, 7) is 3.17. The summed E-state index contributed by atoms with van der Waals surface area (Å²) < 4.78 is 0. The van der Waals surface area contributed by atoms with Crippen LogP contribution in [0.3, 0.4) is 0 Å². The molecular weight excluding hydrogens is 242 g/mol. The third-order valence-electron chi connectivity index (χ3n) is 2.08. The highest BCUT2D eigenvalue weighted by molar-refractivity contribution is 6.34. The Bertz CT molecular complexity index is 466. The summed E-state index contributed by atoms with van der Waals surface area (Å²) in [5, 5.41) is 2.77. The lowest BCUT2D eigenvalue weighted by Crippen LogP contribution is -2.45. The van der Waals surface area contributed by atoms with E-state index in [-0.39, 0.29) is 16.5 Å². The molecule has 0 fully saturated rings. The van der Waals surface area contributed by atoms with Crippen molar-refractivity contribution in [2.45, 2.75) is 19.4 Å². The van der Waals surface area contributed by atoms with Crippen LogP contribution >= 0.6 is 11.6 Å². The van der Waals surface area contributed by atoms with Crippen LogP contribution in [0.5, 0.6) is 0 Å². The Morgan fingerprint density at radius 2 is 1.94 bits per heavy atom. The SMILES string of the molecule is CC(C)(N)C(=O)Nc1ccc(C(N)=O)c(Cl)c1. The van der Waals surface area contributed by atoms with Gasteiger partial charge in [0.2, 0.25) is 11.8 Å². The highest BCUT2D eigenvalue weighted by Crippen LogP contribution is 2.21. The summed E-state index contributed by atoms with van der Waals surface area (Å²) in [7, 11) is 0. The smallest absolute Gasteiger partial charge is 0.250 e. The highest BCUT2D eigenvalue weighted by atomic mass is 35.5. The number of carbonyl (C=O) groups is 2. The largest absolute Gasteiger partial charge is 0.366 e. The van der Waals surface area contributed by atoms with Crippen LogP contribution in [0.15, 0.2) is 18.2 Å². The van der Waals surface area contributed by atoms with Crippen LogP contribution in [0.25, 0.3) is 0 Å². The van der Waals surface area contributed by atoms with Crippen LogP contribution < -0.4 is 16.8 Å². The number of amides is 2. The van der Waals surface area contributed by atoms with E-state index in [1.807, 2.05) is 0 Å². The summed E-state index contributed by atoms with van der Waals surface area (Å²) in [6.07, 6.45) is 0. The molecule has 5 nitrogen and oxygen atoms in total. The van der Waals surface area contributed by atoms with E-state index in [0.29, 0.717) is 5.69 Å². The Labute approximate surface area is 104 Å². The number of halogens is 1. The topological polar surface area (TPSA) is 98.2 Å². The van der Waals surface area contributed by atoms with E-state index in [0.717, 1.165) is 0 Å². The number of rotatable bonds is 3. The lowest BCUT2D eigenvalue weighted by molar-refractivity contribution is -0.120. The van der Waals surface area contributed by atoms with Gasteiger partial charge in [0.05, 0.1) is 16.1 Å². The molecule has 0 spiro atoms. The molecule has 0 aliphatic heterocycles. The second-order valence-corrected chi connectivity index (χ2v) is 4.64. The van der Waals surface area contributed by atoms with Crippen molar-refractivity contribution in [2.75, 3.05) is 5.32 Å². The molecule has 0 aliphatic rings. The first-order valence-corrected chi connectivity index (χ1v) is 5.29. The third-order valence-corrected chi connectivity index (χ3v) is 2.39. The zero-order chi connectivity index (χ0) is 13.2. The molecule has 0 bridgehead atoms. The highest BCUT2D eigenvalue weighted by Gasteiger charge is 2.22. The number of hydrogen-bond acceptors (Lipinski definition) is 3. The minimum absolute atomic E-state index is 0.185. The van der Waals surface area contributed by atoms with Crippen LogP contribution in [0, 0.1) is 0 Å². The zero-order valence-electron chi connectivity index (χ0n) is 9.58. The van der Waals surface area contributed by atoms with Gasteiger partial charge in [-0.05, 0) is 32.0 Å². The Morgan fingerprint density at radius 3 is 2.35 bits per heavy atom. The normalized spacial score (nSPS) is 11.1. The van der Waals surface area contributed by atoms with E-state index < -0.39 is 11.4 Å². The van der Waals surface area contributed by atoms with Crippen molar-refractivity contribution in [2.24, 2.45) is 11.5 Å². The number of primary amides is 1. The van der Waals surface area contributed by atoms with Crippen LogP contribution in [0.1, 0.15) is 24.2 Å². The quantitative estimate of drug-likeness (QED) is 0.755. The summed E-state index contributed by atoms with van der Waals surface area (Å²) >= 11 is 5.84. The first-order chi connectivity index (χ1) is 7.71. The molecular formula is C11H14ClN3O2. The third kappa shape index (κ3) is 3.44. The minimum atomic E-state index is -0.991. The van der Waals surface area contributed by atoms with Gasteiger partial charge in [-0.25, -0.2) is 0 Å². The Morgan fingerprint density at radius 1 is 1.35 bits per heavy atom. The van der Waals surface area contributed by atoms with Crippen molar-refractivity contribution >= 4 is 29.1 Å². The van der Waals surface area contributed by atoms with Crippen molar-refractivity contribution in [3.63, 3.8) is 0 Å². The van der Waals surface area contributed by atoms with Gasteiger partial charge in [0, 0.05) is 5.69 Å². The summed E-state index contributed by atoms with van der Waals surface area (Å²) in [4.78, 5) is 22.5. The number of anilines is 1. The predicted octanol–water partition coefficient (Wildman–Crippen LogP) is 1.11. The average Bonchev–Trinajstić information content (AvgIpc) is 2.15. The van der Waals surface area contributed by atoms with E-state index in [9.17, 15) is 9.59 Å². The fourth-order valence-corrected chi connectivity index (χ4v) is 1.36. The van der Waals surface area contributed by atoms with Gasteiger partial charge in [-0.2, -0.15) is 0 Å². The van der Waals surface area contributed by atoms with E-state index in [2.05, 4.69) is 5.32 Å². The number of nitrogens with one attached hydrogen (secondary N) is 1. The molecule has 5 N–H and O–H groups in total. The van der Waals surface area contributed by atoms with E-state index in [1.54, 1.807) is 13.8 Å². The molecule has 1 aromatic rings. The molecule has 0 unspecified atom stereocenters. The van der Waals surface area contributed by atoms with Crippen molar-refractivity contribution in [1.29, 1.82) is 0 Å². The van der Waals surface area contributed by atoms with Gasteiger partial charge in [0.25, 0.3) is 0 Å². The molecule has 0 aliphatic carbocycles. The van der Waals surface area contributed by atoms with Crippen molar-refractivity contribution in [3.05, 3.63) is 28.8 Å². The molecule has 92 valence electrons. The molecule has 0 radical (unpaired) electrons. The molecule has 0 atom stereocenters. The van der Waals surface area contributed by atoms with Gasteiger partial charge in [0.15, 0.2) is 0 Å². The molecule has 1 rings (SSSR count). The van der Waals surface area contributed by atoms with Gasteiger partial charge in [-0.3, -0.25) is 9.59 Å². The Kier molecular flexibility index (Phi) is 3.75. The van der Waals surface area contributed by atoms with Crippen LogP contribution in [-0.4, -0.2) is 17.4 Å². The van der Waals surface area contributed by atoms with Gasteiger partial charge in [-0.15, -0.1) is 0 Å². The fourth-order valence-electron chi connectivity index (χ4n) is 1.08. The van der Waals surface area contributed by atoms with E-state index in [1.165, 1.54) is 18.2 Å². The van der Waals surface area contributed by atoms with Crippen LogP contribution in [0.2, 0.25) is 5.02 Å². The summed E-state index contributed by atoms with van der Waals surface area (Å²) in [5.41, 5.74) is 10.4. The molecule has 0 saturated heterocycles. The Hall–Kier alpha value is -1.59. The van der Waals surface area contributed by atoms with Crippen molar-refractivity contribution in [3.8, 4) is 0 Å². The maximum absolute atomic E-state index is 11.6. The van der Waals surface area contributed by atoms with E-state index >= 15 is 0 Å². The molecule has 0 heterocycles. The number of carbonyl (C=O) groups excluding carboxylic acids is 2. The predicted molar refractivity (Wildman–Crippen MR) is 66.9 cm³/mol. The number of nitrogens with two attached hydrogens (primary N) is 2. The average molecular weight is 256 g/mol. The lowest BCUT2D eigenvalue weighted by Gasteiger charge is -2.18. The first-order valence-electron chi connectivity index (χ1n) is 4.91. The van der Waals surface area contributed by atoms with Gasteiger partial charge >= 0.3 is 0 Å². The van der Waals surface area contributed by atoms with Gasteiger partial charge < -0.3 is 16.8 Å². The Balaban J connectivity index is 2.92. The maximum Gasteiger partial charge on any atom is 0.250 e. The minimum Gasteiger partial charge on any atom is -0.366 e. The standard InChI is InChI=1S/C11H14ClN3O2/c1-11(2,14)10(17)15-6-3-4-7(9(13)16)8(12)5-6/h3-5H,14H2,1-2H3,(H2,13,16)(H,15,17). The van der Waals surface area contributed by atoms with Crippen molar-refractivity contribution < 1.29 is 9.59 Å². The second kappa shape index (κ2) is 4.73. The van der Waals surface area contributed by atoms with Crippen LogP contribution in [0.4, 0.5) is 5.69 Å². The monoisotopic (exact) mass is 255 g/mol. The first kappa shape index (κ1) is 13.5. The van der Waals surface area contributed by atoms with Gasteiger partial charge in [-0.1, -0.05) is 11.6 Å². The molecule has 0 aromatic heterocycles. The fraction of sp³-hybridized carbons (Fsp3) is 0.273. The molecule has 2 amide bonds. The van der Waals surface area contributed by atoms with E-state index in [4.69, 9.17) is 23.1 Å². The summed E-state index contributed by atoms with van der Waals surface area (Å²) in [6, 6.07) is 4.44. The molecule has 0 saturated carbocycles. The van der Waals surface area contributed by atoms with Crippen LogP contribution in [-0.2, 0) is 4.79 Å². The summed E-state index contributed by atoms with van der Waals surface area (Å²) in [5.74, 6) is -0.965. The maximum atomic E-state index is 11.6. The molecule has 1 aromatic carbocycles. The number of benzene rings is 1. The number of hydrogen-bond donors (Lipinski definition) is 3. The zero-order valence-corrected chi connectivity index (χ0v) is 10.3.